The lowest BCUT2D eigenvalue weighted by atomic mass is 10.1. The molecule has 0 saturated carbocycles. The Kier molecular flexibility index (Phi) is 7.74. The molecule has 3 rings (SSSR count). The molecule has 7 nitrogen and oxygen atoms in total. The lowest BCUT2D eigenvalue weighted by molar-refractivity contribution is -0.137. The van der Waals surface area contributed by atoms with Crippen molar-refractivity contribution in [2.45, 2.75) is 17.9 Å². The number of esters is 1. The second kappa shape index (κ2) is 10.1. The summed E-state index contributed by atoms with van der Waals surface area (Å²) in [5, 5.41) is 14.1. The summed E-state index contributed by atoms with van der Waals surface area (Å²) < 4.78 is 18.4. The Morgan fingerprint density at radius 1 is 1.22 bits per heavy atom. The SMILES string of the molecule is COC(=O)C[S@@+]([O-])c1ccc([C@@H](CO)NC(=O)c2cc3c(Cl)c(Cl)c(C)cc3n2C)cc1. The average molecular weight is 497 g/mol. The molecule has 0 saturated heterocycles. The van der Waals surface area contributed by atoms with Crippen LogP contribution in [0.2, 0.25) is 10.0 Å². The van der Waals surface area contributed by atoms with Crippen molar-refractivity contribution in [3.8, 4) is 0 Å². The summed E-state index contributed by atoms with van der Waals surface area (Å²) in [7, 11) is 2.98. The van der Waals surface area contributed by atoms with E-state index in [1.165, 1.54) is 7.11 Å². The minimum Gasteiger partial charge on any atom is -0.611 e. The van der Waals surface area contributed by atoms with Crippen LogP contribution in [-0.2, 0) is 27.8 Å². The maximum Gasteiger partial charge on any atom is 0.356 e. The van der Waals surface area contributed by atoms with Crippen LogP contribution in [0.15, 0.2) is 41.3 Å². The summed E-state index contributed by atoms with van der Waals surface area (Å²) in [6, 6.07) is 9.29. The van der Waals surface area contributed by atoms with Gasteiger partial charge in [-0.1, -0.05) is 35.3 Å². The molecule has 3 aromatic rings. The molecular formula is C22H22Cl2N2O5S. The fraction of sp³-hybridized carbons (Fsp3) is 0.273. The molecule has 2 aromatic carbocycles. The van der Waals surface area contributed by atoms with Crippen LogP contribution in [0.4, 0.5) is 0 Å². The number of aryl methyl sites for hydroxylation is 2. The van der Waals surface area contributed by atoms with Crippen molar-refractivity contribution in [1.29, 1.82) is 0 Å². The van der Waals surface area contributed by atoms with Crippen molar-refractivity contribution >= 4 is 57.2 Å². The number of carbonyl (C=O) groups excluding carboxylic acids is 2. The van der Waals surface area contributed by atoms with E-state index in [1.807, 2.05) is 13.0 Å². The fourth-order valence-corrected chi connectivity index (χ4v) is 4.71. The number of benzene rings is 2. The summed E-state index contributed by atoms with van der Waals surface area (Å²) in [6.07, 6.45) is 0. The van der Waals surface area contributed by atoms with E-state index < -0.39 is 29.1 Å². The molecule has 0 spiro atoms. The van der Waals surface area contributed by atoms with E-state index in [4.69, 9.17) is 23.2 Å². The number of nitrogens with zero attached hydrogens (tertiary/aromatic N) is 1. The van der Waals surface area contributed by atoms with E-state index in [-0.39, 0.29) is 12.4 Å². The first-order chi connectivity index (χ1) is 15.2. The molecule has 32 heavy (non-hydrogen) atoms. The molecule has 2 N–H and O–H groups in total. The van der Waals surface area contributed by atoms with E-state index >= 15 is 0 Å². The van der Waals surface area contributed by atoms with Gasteiger partial charge in [-0.2, -0.15) is 0 Å². The maximum absolute atomic E-state index is 13.0. The fourth-order valence-electron chi connectivity index (χ4n) is 3.31. The molecule has 0 aliphatic rings. The molecule has 0 radical (unpaired) electrons. The van der Waals surface area contributed by atoms with E-state index in [0.29, 0.717) is 31.6 Å². The van der Waals surface area contributed by atoms with Crippen LogP contribution < -0.4 is 5.32 Å². The Morgan fingerprint density at radius 3 is 2.47 bits per heavy atom. The van der Waals surface area contributed by atoms with Crippen LogP contribution in [0.3, 0.4) is 0 Å². The van der Waals surface area contributed by atoms with Crippen molar-refractivity contribution < 1.29 is 24.0 Å². The van der Waals surface area contributed by atoms with Gasteiger partial charge in [0.05, 0.1) is 35.3 Å². The van der Waals surface area contributed by atoms with Gasteiger partial charge in [0.1, 0.15) is 5.69 Å². The average Bonchev–Trinajstić information content (AvgIpc) is 3.12. The quantitative estimate of drug-likeness (QED) is 0.384. The van der Waals surface area contributed by atoms with Crippen molar-refractivity contribution in [2.75, 3.05) is 19.5 Å². The molecule has 1 heterocycles. The highest BCUT2D eigenvalue weighted by molar-refractivity contribution is 7.92. The second-order valence-electron chi connectivity index (χ2n) is 7.19. The first-order valence-corrected chi connectivity index (χ1v) is 11.7. The highest BCUT2D eigenvalue weighted by atomic mass is 35.5. The minimum absolute atomic E-state index is 0.247. The van der Waals surface area contributed by atoms with Gasteiger partial charge in [-0.05, 0) is 53.5 Å². The Balaban J connectivity index is 1.81. The van der Waals surface area contributed by atoms with E-state index in [1.54, 1.807) is 41.9 Å². The standard InChI is InChI=1S/C22H22Cl2N2O5S/c1-12-8-17-15(21(24)20(12)23)9-18(26(17)2)22(29)25-16(10-27)13-4-6-14(7-5-13)32(30)11-19(28)31-3/h4-9,16,27H,10-11H2,1-3H3,(H,25,29)/t16-,32-/m1/s1. The van der Waals surface area contributed by atoms with Crippen molar-refractivity contribution in [2.24, 2.45) is 7.05 Å². The van der Waals surface area contributed by atoms with E-state index in [2.05, 4.69) is 10.1 Å². The number of hydrogen-bond donors (Lipinski definition) is 2. The number of ether oxygens (including phenoxy) is 1. The molecule has 0 unspecified atom stereocenters. The monoisotopic (exact) mass is 496 g/mol. The summed E-state index contributed by atoms with van der Waals surface area (Å²) in [5.74, 6) is -1.21. The normalized spacial score (nSPS) is 13.1. The van der Waals surface area contributed by atoms with Crippen LogP contribution in [0, 0.1) is 6.92 Å². The molecule has 2 atom stereocenters. The lowest BCUT2D eigenvalue weighted by Crippen LogP contribution is -2.32. The zero-order valence-electron chi connectivity index (χ0n) is 17.6. The third-order valence-electron chi connectivity index (χ3n) is 5.15. The highest BCUT2D eigenvalue weighted by Gasteiger charge is 2.22. The molecule has 170 valence electrons. The van der Waals surface area contributed by atoms with Gasteiger partial charge in [-0.3, -0.25) is 4.79 Å². The summed E-state index contributed by atoms with van der Waals surface area (Å²) in [6.45, 7) is 1.50. The van der Waals surface area contributed by atoms with Gasteiger partial charge in [0.2, 0.25) is 5.75 Å². The number of fused-ring (bicyclic) bond motifs is 1. The number of aromatic nitrogens is 1. The van der Waals surface area contributed by atoms with Gasteiger partial charge in [0, 0.05) is 12.4 Å². The minimum atomic E-state index is -1.55. The van der Waals surface area contributed by atoms with E-state index in [0.717, 1.165) is 11.1 Å². The number of aliphatic hydroxyl groups excluding tert-OH is 1. The molecule has 0 bridgehead atoms. The molecule has 1 aromatic heterocycles. The van der Waals surface area contributed by atoms with Crippen molar-refractivity contribution in [3.63, 3.8) is 0 Å². The predicted molar refractivity (Wildman–Crippen MR) is 125 cm³/mol. The van der Waals surface area contributed by atoms with Crippen LogP contribution in [0.5, 0.6) is 0 Å². The van der Waals surface area contributed by atoms with Crippen LogP contribution in [0.25, 0.3) is 10.9 Å². The van der Waals surface area contributed by atoms with Gasteiger partial charge in [0.25, 0.3) is 5.91 Å². The molecule has 1 amide bonds. The Hall–Kier alpha value is -2.23. The number of aliphatic hydroxyl groups is 1. The third kappa shape index (κ3) is 4.89. The lowest BCUT2D eigenvalue weighted by Gasteiger charge is -2.18. The molecule has 0 aliphatic heterocycles. The number of methoxy groups -OCH3 is 1. The smallest absolute Gasteiger partial charge is 0.356 e. The van der Waals surface area contributed by atoms with Crippen LogP contribution in [0.1, 0.15) is 27.7 Å². The second-order valence-corrected chi connectivity index (χ2v) is 9.39. The molecule has 0 aliphatic carbocycles. The zero-order chi connectivity index (χ0) is 23.6. The van der Waals surface area contributed by atoms with Gasteiger partial charge < -0.3 is 24.3 Å². The number of hydrogen-bond acceptors (Lipinski definition) is 5. The number of rotatable bonds is 7. The van der Waals surface area contributed by atoms with E-state index in [9.17, 15) is 19.2 Å². The van der Waals surface area contributed by atoms with Gasteiger partial charge >= 0.3 is 5.97 Å². The summed E-state index contributed by atoms with van der Waals surface area (Å²) in [5.41, 5.74) is 2.54. The first-order valence-electron chi connectivity index (χ1n) is 9.58. The molecule has 0 fully saturated rings. The Labute approximate surface area is 198 Å². The topological polar surface area (TPSA) is 104 Å². The van der Waals surface area contributed by atoms with Gasteiger partial charge in [0.15, 0.2) is 4.90 Å². The number of amides is 1. The van der Waals surface area contributed by atoms with Crippen LogP contribution in [-0.4, -0.2) is 45.6 Å². The molecular weight excluding hydrogens is 475 g/mol. The third-order valence-corrected chi connectivity index (χ3v) is 7.42. The van der Waals surface area contributed by atoms with Gasteiger partial charge in [-0.15, -0.1) is 0 Å². The van der Waals surface area contributed by atoms with Crippen molar-refractivity contribution in [1.82, 2.24) is 9.88 Å². The summed E-state index contributed by atoms with van der Waals surface area (Å²) in [4.78, 5) is 24.7. The Bertz CT molecular complexity index is 1160. The van der Waals surface area contributed by atoms with Crippen molar-refractivity contribution in [3.05, 3.63) is 63.3 Å². The number of carbonyl (C=O) groups is 2. The highest BCUT2D eigenvalue weighted by Crippen LogP contribution is 2.35. The van der Waals surface area contributed by atoms with Crippen LogP contribution >= 0.6 is 23.2 Å². The summed E-state index contributed by atoms with van der Waals surface area (Å²) >= 11 is 11.0. The predicted octanol–water partition coefficient (Wildman–Crippen LogP) is 3.54. The number of nitrogens with one attached hydrogen (secondary N) is 1. The molecule has 10 heteroatoms. The number of halogens is 2. The Morgan fingerprint density at radius 2 is 1.88 bits per heavy atom. The first kappa shape index (κ1) is 24.4. The largest absolute Gasteiger partial charge is 0.611 e. The van der Waals surface area contributed by atoms with Gasteiger partial charge in [-0.25, -0.2) is 4.79 Å². The zero-order valence-corrected chi connectivity index (χ0v) is 20.0. The maximum atomic E-state index is 13.0.